The van der Waals surface area contributed by atoms with E-state index in [1.807, 2.05) is 6.08 Å². The number of carbonyl (C=O) groups is 1. The molecule has 1 unspecified atom stereocenters. The van der Waals surface area contributed by atoms with Crippen LogP contribution >= 0.6 is 15.9 Å². The second-order valence-corrected chi connectivity index (χ2v) is 5.38. The van der Waals surface area contributed by atoms with Crippen molar-refractivity contribution in [2.75, 3.05) is 7.11 Å². The average Bonchev–Trinajstić information content (AvgIpc) is 2.45. The fourth-order valence-electron chi connectivity index (χ4n) is 2.40. The molecular weight excluding hydrogens is 320 g/mol. The van der Waals surface area contributed by atoms with Crippen molar-refractivity contribution >= 4 is 46.3 Å². The minimum atomic E-state index is -0.295. The molecule has 5 heteroatoms. The predicted octanol–water partition coefficient (Wildman–Crippen LogP) is 1.11. The highest BCUT2D eigenvalue weighted by Crippen LogP contribution is 2.23. The second-order valence-electron chi connectivity index (χ2n) is 4.40. The van der Waals surface area contributed by atoms with Gasteiger partial charge in [-0.15, -0.1) is 0 Å². The number of methoxy groups -OCH3 is 1. The van der Waals surface area contributed by atoms with E-state index in [0.717, 1.165) is 5.22 Å². The van der Waals surface area contributed by atoms with Crippen LogP contribution in [0, 0.1) is 11.3 Å². The molecule has 0 radical (unpaired) electrons. The molecule has 0 spiro atoms. The zero-order valence-corrected chi connectivity index (χ0v) is 12.1. The summed E-state index contributed by atoms with van der Waals surface area (Å²) in [6.07, 6.45) is 6.86. The molecule has 0 aromatic heterocycles. The molecule has 1 aliphatic carbocycles. The Kier molecular flexibility index (Phi) is 3.03. The van der Waals surface area contributed by atoms with Crippen molar-refractivity contribution in [2.24, 2.45) is 4.99 Å². The van der Waals surface area contributed by atoms with Gasteiger partial charge in [0.05, 0.1) is 29.1 Å². The van der Waals surface area contributed by atoms with E-state index in [9.17, 15) is 10.1 Å². The third kappa shape index (κ3) is 1.81. The summed E-state index contributed by atoms with van der Waals surface area (Å²) in [5.41, 5.74) is 1.75. The lowest BCUT2D eigenvalue weighted by Gasteiger charge is -2.18. The predicted molar refractivity (Wildman–Crippen MR) is 79.9 cm³/mol. The molecule has 2 aliphatic rings. The SMILES string of the molecule is COC1=Cc2c3c(cc(C#N)c2=CC1Br)=CC=NC3=O. The summed E-state index contributed by atoms with van der Waals surface area (Å²) in [6.45, 7) is 0. The van der Waals surface area contributed by atoms with Gasteiger partial charge in [-0.1, -0.05) is 22.0 Å². The van der Waals surface area contributed by atoms with Crippen molar-refractivity contribution in [1.29, 1.82) is 5.26 Å². The molecule has 1 heterocycles. The Labute approximate surface area is 123 Å². The van der Waals surface area contributed by atoms with Crippen molar-refractivity contribution in [2.45, 2.75) is 4.83 Å². The first kappa shape index (κ1) is 12.8. The third-order valence-electron chi connectivity index (χ3n) is 3.33. The number of nitrogens with zero attached hydrogens (tertiary/aromatic N) is 2. The molecule has 0 saturated carbocycles. The van der Waals surface area contributed by atoms with Crippen LogP contribution < -0.4 is 10.4 Å². The summed E-state index contributed by atoms with van der Waals surface area (Å²) in [4.78, 5) is 15.7. The van der Waals surface area contributed by atoms with Crippen LogP contribution in [0.25, 0.3) is 18.2 Å². The van der Waals surface area contributed by atoms with Crippen LogP contribution in [-0.2, 0) is 4.74 Å². The van der Waals surface area contributed by atoms with Gasteiger partial charge in [-0.2, -0.15) is 5.26 Å². The number of ether oxygens (including phenoxy) is 1. The number of aliphatic imine (C=N–C) groups is 1. The molecular formula is C15H9BrN2O2. The number of alkyl halides is 1. The number of hydrogen-bond donors (Lipinski definition) is 0. The Morgan fingerprint density at radius 3 is 3.00 bits per heavy atom. The van der Waals surface area contributed by atoms with E-state index < -0.39 is 0 Å². The number of rotatable bonds is 1. The van der Waals surface area contributed by atoms with Crippen molar-refractivity contribution in [3.05, 3.63) is 39.0 Å². The van der Waals surface area contributed by atoms with Gasteiger partial charge in [0.1, 0.15) is 5.76 Å². The summed E-state index contributed by atoms with van der Waals surface area (Å²) in [6, 6.07) is 3.90. The maximum Gasteiger partial charge on any atom is 0.278 e. The van der Waals surface area contributed by atoms with Crippen molar-refractivity contribution in [3.8, 4) is 6.07 Å². The first-order valence-electron chi connectivity index (χ1n) is 5.93. The Bertz CT molecular complexity index is 844. The molecule has 4 nitrogen and oxygen atoms in total. The molecule has 98 valence electrons. The summed E-state index contributed by atoms with van der Waals surface area (Å²) in [5, 5.41) is 10.8. The van der Waals surface area contributed by atoms with E-state index >= 15 is 0 Å². The molecule has 1 amide bonds. The lowest BCUT2D eigenvalue weighted by atomic mass is 9.92. The Hall–Kier alpha value is -2.19. The number of hydrogen-bond acceptors (Lipinski definition) is 3. The fraction of sp³-hybridized carbons (Fsp3) is 0.133. The number of fused-ring (bicyclic) bond motifs is 3. The molecule has 1 aliphatic heterocycles. The Morgan fingerprint density at radius 2 is 2.30 bits per heavy atom. The van der Waals surface area contributed by atoms with Crippen LogP contribution in [0.15, 0.2) is 16.8 Å². The summed E-state index contributed by atoms with van der Waals surface area (Å²) >= 11 is 3.48. The molecule has 20 heavy (non-hydrogen) atoms. The van der Waals surface area contributed by atoms with Crippen LogP contribution in [0.4, 0.5) is 0 Å². The van der Waals surface area contributed by atoms with E-state index in [2.05, 4.69) is 27.0 Å². The van der Waals surface area contributed by atoms with E-state index in [1.165, 1.54) is 6.21 Å². The van der Waals surface area contributed by atoms with Gasteiger partial charge in [-0.05, 0) is 34.2 Å². The van der Waals surface area contributed by atoms with Crippen molar-refractivity contribution < 1.29 is 9.53 Å². The molecule has 1 aromatic carbocycles. The molecule has 3 rings (SSSR count). The number of halogens is 1. The van der Waals surface area contributed by atoms with Gasteiger partial charge in [-0.3, -0.25) is 4.79 Å². The minimum absolute atomic E-state index is 0.115. The normalized spacial score (nSPS) is 18.9. The highest BCUT2D eigenvalue weighted by atomic mass is 79.9. The van der Waals surface area contributed by atoms with Gasteiger partial charge in [0, 0.05) is 6.21 Å². The van der Waals surface area contributed by atoms with E-state index in [1.54, 1.807) is 25.3 Å². The Balaban J connectivity index is 2.47. The van der Waals surface area contributed by atoms with Crippen molar-refractivity contribution in [1.82, 2.24) is 0 Å². The lowest BCUT2D eigenvalue weighted by molar-refractivity contribution is 0.100. The van der Waals surface area contributed by atoms with Crippen LogP contribution in [0.1, 0.15) is 21.5 Å². The lowest BCUT2D eigenvalue weighted by Crippen LogP contribution is -2.30. The highest BCUT2D eigenvalue weighted by Gasteiger charge is 2.22. The summed E-state index contributed by atoms with van der Waals surface area (Å²) < 4.78 is 5.30. The number of nitriles is 1. The van der Waals surface area contributed by atoms with Gasteiger partial charge in [0.25, 0.3) is 5.91 Å². The van der Waals surface area contributed by atoms with Gasteiger partial charge in [-0.25, -0.2) is 4.99 Å². The number of carbonyl (C=O) groups excluding carboxylic acids is 1. The Morgan fingerprint density at radius 1 is 1.50 bits per heavy atom. The standard InChI is InChI=1S/C15H9BrN2O2/c1-20-13-6-11-10(5-12(13)16)9(7-17)4-8-2-3-18-15(19)14(8)11/h2-6,12H,1H3. The highest BCUT2D eigenvalue weighted by molar-refractivity contribution is 9.09. The molecule has 1 atom stereocenters. The molecule has 0 fully saturated rings. The number of amides is 1. The van der Waals surface area contributed by atoms with E-state index in [-0.39, 0.29) is 10.7 Å². The van der Waals surface area contributed by atoms with Crippen molar-refractivity contribution in [3.63, 3.8) is 0 Å². The van der Waals surface area contributed by atoms with Crippen LogP contribution in [0.5, 0.6) is 0 Å². The molecule has 0 N–H and O–H groups in total. The van der Waals surface area contributed by atoms with Gasteiger partial charge < -0.3 is 4.74 Å². The van der Waals surface area contributed by atoms with Gasteiger partial charge in [0.15, 0.2) is 0 Å². The van der Waals surface area contributed by atoms with Gasteiger partial charge in [0.2, 0.25) is 0 Å². The zero-order chi connectivity index (χ0) is 14.3. The monoisotopic (exact) mass is 328 g/mol. The van der Waals surface area contributed by atoms with Crippen LogP contribution in [0.2, 0.25) is 0 Å². The van der Waals surface area contributed by atoms with Crippen LogP contribution in [0.3, 0.4) is 0 Å². The zero-order valence-electron chi connectivity index (χ0n) is 10.6. The smallest absolute Gasteiger partial charge is 0.278 e. The minimum Gasteiger partial charge on any atom is -0.500 e. The topological polar surface area (TPSA) is 62.4 Å². The molecule has 0 bridgehead atoms. The maximum absolute atomic E-state index is 12.0. The molecule has 0 saturated heterocycles. The number of allylic oxidation sites excluding steroid dienone is 1. The average molecular weight is 329 g/mol. The van der Waals surface area contributed by atoms with Crippen LogP contribution in [-0.4, -0.2) is 24.1 Å². The van der Waals surface area contributed by atoms with E-state index in [0.29, 0.717) is 27.7 Å². The summed E-state index contributed by atoms with van der Waals surface area (Å²) in [5.74, 6) is 0.397. The first-order valence-corrected chi connectivity index (χ1v) is 6.84. The number of benzene rings is 1. The first-order chi connectivity index (χ1) is 9.65. The quantitative estimate of drug-likeness (QED) is 0.725. The van der Waals surface area contributed by atoms with Gasteiger partial charge >= 0.3 is 0 Å². The maximum atomic E-state index is 12.0. The summed E-state index contributed by atoms with van der Waals surface area (Å²) in [7, 11) is 1.58. The third-order valence-corrected chi connectivity index (χ3v) is 4.04. The fourth-order valence-corrected chi connectivity index (χ4v) is 2.99. The largest absolute Gasteiger partial charge is 0.500 e. The molecule has 1 aromatic rings. The van der Waals surface area contributed by atoms with E-state index in [4.69, 9.17) is 4.74 Å². The second kappa shape index (κ2) is 4.73.